The maximum atomic E-state index is 11.9. The van der Waals surface area contributed by atoms with Crippen molar-refractivity contribution in [3.63, 3.8) is 0 Å². The zero-order valence-corrected chi connectivity index (χ0v) is 10.5. The van der Waals surface area contributed by atoms with E-state index in [0.717, 1.165) is 25.9 Å². The van der Waals surface area contributed by atoms with Gasteiger partial charge in [0.05, 0.1) is 12.6 Å². The van der Waals surface area contributed by atoms with Crippen LogP contribution < -0.4 is 5.32 Å². The predicted octanol–water partition coefficient (Wildman–Crippen LogP) is 1.01. The van der Waals surface area contributed by atoms with E-state index in [1.165, 1.54) is 12.8 Å². The van der Waals surface area contributed by atoms with Crippen LogP contribution in [0.25, 0.3) is 0 Å². The second-order valence-corrected chi connectivity index (χ2v) is 4.33. The van der Waals surface area contributed by atoms with Gasteiger partial charge in [0.1, 0.15) is 0 Å². The standard InChI is InChI=1S/C12H24N2O2/c1-3-8-14-9-5-4-6-11(14)12(15)13-7-10-16-2/h11H,3-10H2,1-2H3,(H,13,15). The van der Waals surface area contributed by atoms with Gasteiger partial charge >= 0.3 is 0 Å². The Morgan fingerprint density at radius 2 is 2.31 bits per heavy atom. The first-order chi connectivity index (χ1) is 7.79. The molecule has 0 aliphatic carbocycles. The summed E-state index contributed by atoms with van der Waals surface area (Å²) in [5, 5.41) is 2.94. The van der Waals surface area contributed by atoms with Crippen LogP contribution in [0.1, 0.15) is 32.6 Å². The summed E-state index contributed by atoms with van der Waals surface area (Å²) < 4.78 is 4.93. The Labute approximate surface area is 98.3 Å². The molecule has 0 radical (unpaired) electrons. The van der Waals surface area contributed by atoms with Crippen molar-refractivity contribution in [2.24, 2.45) is 0 Å². The topological polar surface area (TPSA) is 41.6 Å². The number of hydrogen-bond donors (Lipinski definition) is 1. The van der Waals surface area contributed by atoms with Crippen LogP contribution in [-0.2, 0) is 9.53 Å². The average Bonchev–Trinajstić information content (AvgIpc) is 2.30. The number of carbonyl (C=O) groups is 1. The molecule has 0 spiro atoms. The lowest BCUT2D eigenvalue weighted by molar-refractivity contribution is -0.127. The summed E-state index contributed by atoms with van der Waals surface area (Å²) in [7, 11) is 1.65. The molecule has 0 aromatic heterocycles. The number of methoxy groups -OCH3 is 1. The molecule has 1 N–H and O–H groups in total. The van der Waals surface area contributed by atoms with Gasteiger partial charge in [-0.1, -0.05) is 13.3 Å². The van der Waals surface area contributed by atoms with E-state index in [0.29, 0.717) is 13.2 Å². The number of nitrogens with one attached hydrogen (secondary N) is 1. The summed E-state index contributed by atoms with van der Waals surface area (Å²) in [6, 6.07) is 0.0885. The molecule has 0 aromatic rings. The first kappa shape index (κ1) is 13.5. The van der Waals surface area contributed by atoms with Gasteiger partial charge in [-0.25, -0.2) is 0 Å². The van der Waals surface area contributed by atoms with E-state index in [1.54, 1.807) is 7.11 Å². The number of amides is 1. The second-order valence-electron chi connectivity index (χ2n) is 4.33. The Bertz CT molecular complexity index is 207. The third kappa shape index (κ3) is 4.10. The van der Waals surface area contributed by atoms with Gasteiger partial charge in [-0.15, -0.1) is 0 Å². The first-order valence-corrected chi connectivity index (χ1v) is 6.30. The van der Waals surface area contributed by atoms with Crippen molar-refractivity contribution in [2.45, 2.75) is 38.6 Å². The second kappa shape index (κ2) is 7.63. The van der Waals surface area contributed by atoms with Gasteiger partial charge in [-0.2, -0.15) is 0 Å². The zero-order valence-electron chi connectivity index (χ0n) is 10.5. The molecule has 1 heterocycles. The molecule has 4 nitrogen and oxygen atoms in total. The SMILES string of the molecule is CCCN1CCCCC1C(=O)NCCOC. The van der Waals surface area contributed by atoms with Gasteiger partial charge in [-0.3, -0.25) is 9.69 Å². The monoisotopic (exact) mass is 228 g/mol. The minimum atomic E-state index is 0.0885. The smallest absolute Gasteiger partial charge is 0.237 e. The van der Waals surface area contributed by atoms with Crippen molar-refractivity contribution >= 4 is 5.91 Å². The lowest BCUT2D eigenvalue weighted by atomic mass is 10.0. The van der Waals surface area contributed by atoms with Crippen molar-refractivity contribution in [1.82, 2.24) is 10.2 Å². The molecule has 16 heavy (non-hydrogen) atoms. The minimum Gasteiger partial charge on any atom is -0.383 e. The minimum absolute atomic E-state index is 0.0885. The predicted molar refractivity (Wildman–Crippen MR) is 64.4 cm³/mol. The maximum absolute atomic E-state index is 11.9. The molecule has 94 valence electrons. The van der Waals surface area contributed by atoms with Crippen LogP contribution in [0, 0.1) is 0 Å². The number of rotatable bonds is 6. The molecule has 0 bridgehead atoms. The third-order valence-electron chi connectivity index (χ3n) is 3.03. The highest BCUT2D eigenvalue weighted by Crippen LogP contribution is 2.17. The third-order valence-corrected chi connectivity index (χ3v) is 3.03. The molecule has 1 amide bonds. The fourth-order valence-electron chi connectivity index (χ4n) is 2.24. The van der Waals surface area contributed by atoms with E-state index >= 15 is 0 Å². The number of piperidine rings is 1. The maximum Gasteiger partial charge on any atom is 0.237 e. The summed E-state index contributed by atoms with van der Waals surface area (Å²) in [6.45, 7) is 5.46. The van der Waals surface area contributed by atoms with Crippen molar-refractivity contribution < 1.29 is 9.53 Å². The Balaban J connectivity index is 2.37. The lowest BCUT2D eigenvalue weighted by Gasteiger charge is -2.34. The summed E-state index contributed by atoms with van der Waals surface area (Å²) in [4.78, 5) is 14.3. The molecule has 1 unspecified atom stereocenters. The van der Waals surface area contributed by atoms with Crippen molar-refractivity contribution in [1.29, 1.82) is 0 Å². The van der Waals surface area contributed by atoms with Crippen LogP contribution in [0.2, 0.25) is 0 Å². The first-order valence-electron chi connectivity index (χ1n) is 6.30. The van der Waals surface area contributed by atoms with Crippen LogP contribution in [0.15, 0.2) is 0 Å². The summed E-state index contributed by atoms with van der Waals surface area (Å²) >= 11 is 0. The van der Waals surface area contributed by atoms with Gasteiger partial charge in [0.15, 0.2) is 0 Å². The van der Waals surface area contributed by atoms with Crippen molar-refractivity contribution in [3.05, 3.63) is 0 Å². The molecular weight excluding hydrogens is 204 g/mol. The van der Waals surface area contributed by atoms with E-state index in [1.807, 2.05) is 0 Å². The number of likely N-dealkylation sites (tertiary alicyclic amines) is 1. The molecule has 4 heteroatoms. The Hall–Kier alpha value is -0.610. The van der Waals surface area contributed by atoms with E-state index in [2.05, 4.69) is 17.1 Å². The van der Waals surface area contributed by atoms with Crippen LogP contribution >= 0.6 is 0 Å². The quantitative estimate of drug-likeness (QED) is 0.690. The molecule has 1 fully saturated rings. The molecule has 1 saturated heterocycles. The van der Waals surface area contributed by atoms with E-state index < -0.39 is 0 Å². The van der Waals surface area contributed by atoms with E-state index in [9.17, 15) is 4.79 Å². The largest absolute Gasteiger partial charge is 0.383 e. The summed E-state index contributed by atoms with van der Waals surface area (Å²) in [5.41, 5.74) is 0. The van der Waals surface area contributed by atoms with Gasteiger partial charge in [0, 0.05) is 13.7 Å². The van der Waals surface area contributed by atoms with Gasteiger partial charge < -0.3 is 10.1 Å². The van der Waals surface area contributed by atoms with Crippen molar-refractivity contribution in [3.8, 4) is 0 Å². The van der Waals surface area contributed by atoms with Gasteiger partial charge in [-0.05, 0) is 32.4 Å². The Kier molecular flexibility index (Phi) is 6.42. The van der Waals surface area contributed by atoms with Crippen LogP contribution in [0.3, 0.4) is 0 Å². The molecule has 0 aromatic carbocycles. The highest BCUT2D eigenvalue weighted by atomic mass is 16.5. The Morgan fingerprint density at radius 3 is 3.00 bits per heavy atom. The van der Waals surface area contributed by atoms with E-state index in [-0.39, 0.29) is 11.9 Å². The van der Waals surface area contributed by atoms with Gasteiger partial charge in [0.2, 0.25) is 5.91 Å². The lowest BCUT2D eigenvalue weighted by Crippen LogP contribution is -2.50. The number of hydrogen-bond acceptors (Lipinski definition) is 3. The fourth-order valence-corrected chi connectivity index (χ4v) is 2.24. The summed E-state index contributed by atoms with van der Waals surface area (Å²) in [6.07, 6.45) is 4.51. The number of ether oxygens (including phenoxy) is 1. The molecule has 1 aliphatic rings. The number of carbonyl (C=O) groups excluding carboxylic acids is 1. The molecule has 0 saturated carbocycles. The highest BCUT2D eigenvalue weighted by Gasteiger charge is 2.27. The van der Waals surface area contributed by atoms with Gasteiger partial charge in [0.25, 0.3) is 0 Å². The normalized spacial score (nSPS) is 22.0. The molecule has 1 atom stereocenters. The van der Waals surface area contributed by atoms with Crippen LogP contribution in [-0.4, -0.2) is 50.2 Å². The highest BCUT2D eigenvalue weighted by molar-refractivity contribution is 5.81. The zero-order chi connectivity index (χ0) is 11.8. The summed E-state index contributed by atoms with van der Waals surface area (Å²) in [5.74, 6) is 0.171. The molecular formula is C12H24N2O2. The van der Waals surface area contributed by atoms with E-state index in [4.69, 9.17) is 4.74 Å². The van der Waals surface area contributed by atoms with Crippen LogP contribution in [0.4, 0.5) is 0 Å². The average molecular weight is 228 g/mol. The molecule has 1 aliphatic heterocycles. The van der Waals surface area contributed by atoms with Crippen LogP contribution in [0.5, 0.6) is 0 Å². The molecule has 1 rings (SSSR count). The Morgan fingerprint density at radius 1 is 1.50 bits per heavy atom. The number of nitrogens with zero attached hydrogens (tertiary/aromatic N) is 1. The fraction of sp³-hybridized carbons (Fsp3) is 0.917. The van der Waals surface area contributed by atoms with Crippen molar-refractivity contribution in [2.75, 3.05) is 33.4 Å².